The molecule has 2 aromatic carbocycles. The summed E-state index contributed by atoms with van der Waals surface area (Å²) in [6, 6.07) is 12.6. The predicted octanol–water partition coefficient (Wildman–Crippen LogP) is 5.24. The van der Waals surface area contributed by atoms with E-state index >= 15 is 0 Å². The molecule has 0 aliphatic carbocycles. The number of nitrogens with zero attached hydrogens (tertiary/aromatic N) is 5. The Labute approximate surface area is 260 Å². The molecule has 0 radical (unpaired) electrons. The zero-order valence-corrected chi connectivity index (χ0v) is 25.6. The lowest BCUT2D eigenvalue weighted by Crippen LogP contribution is -2.64. The van der Waals surface area contributed by atoms with E-state index in [0.717, 1.165) is 26.2 Å². The van der Waals surface area contributed by atoms with Gasteiger partial charge in [-0.3, -0.25) is 10.2 Å². The van der Waals surface area contributed by atoms with Crippen molar-refractivity contribution < 1.29 is 23.2 Å². The Morgan fingerprint density at radius 1 is 1.07 bits per heavy atom. The molecule has 43 heavy (non-hydrogen) atoms. The second kappa shape index (κ2) is 13.1. The van der Waals surface area contributed by atoms with Crippen molar-refractivity contribution in [1.82, 2.24) is 20.0 Å². The molecule has 1 aromatic heterocycles. The number of carbonyl (C=O) groups excluding carboxylic acids is 2. The summed E-state index contributed by atoms with van der Waals surface area (Å²) < 4.78 is 19.7. The lowest BCUT2D eigenvalue weighted by Gasteiger charge is -2.44. The molecule has 0 spiro atoms. The lowest BCUT2D eigenvalue weighted by molar-refractivity contribution is -0.772. The van der Waals surface area contributed by atoms with E-state index in [9.17, 15) is 14.0 Å². The molecule has 2 aliphatic heterocycles. The molecule has 13 heteroatoms. The van der Waals surface area contributed by atoms with Gasteiger partial charge in [0.25, 0.3) is 0 Å². The smallest absolute Gasteiger partial charge is 0.430 e. The van der Waals surface area contributed by atoms with Crippen molar-refractivity contribution >= 4 is 46.8 Å². The SMILES string of the molecule is C[C@@H](Oc1cc(NC(=O)[N+]2(C(=O)c3ccccc3)CCC(N3CCN(C)CC3)CC2)nnc1N)c1c(Cl)ccc(F)c1Cl. The fourth-order valence-electron chi connectivity index (χ4n) is 5.79. The molecular weight excluding hydrogens is 596 g/mol. The molecule has 3 N–H and O–H groups in total. The van der Waals surface area contributed by atoms with Crippen LogP contribution in [0.1, 0.15) is 41.8 Å². The minimum Gasteiger partial charge on any atom is -0.482 e. The number of nitrogens with two attached hydrogens (primary N) is 1. The summed E-state index contributed by atoms with van der Waals surface area (Å²) in [5, 5.41) is 10.8. The lowest BCUT2D eigenvalue weighted by atomic mass is 9.98. The van der Waals surface area contributed by atoms with Crippen molar-refractivity contribution in [3.8, 4) is 5.75 Å². The Kier molecular flexibility index (Phi) is 9.48. The van der Waals surface area contributed by atoms with Crippen molar-refractivity contribution in [2.24, 2.45) is 0 Å². The first-order valence-corrected chi connectivity index (χ1v) is 15.0. The maximum absolute atomic E-state index is 14.1. The molecule has 3 heterocycles. The number of likely N-dealkylation sites (N-methyl/N-ethyl adjacent to an activating group) is 1. The summed E-state index contributed by atoms with van der Waals surface area (Å²) in [7, 11) is 2.12. The van der Waals surface area contributed by atoms with E-state index in [-0.39, 0.29) is 38.9 Å². The quantitative estimate of drug-likeness (QED) is 0.281. The molecule has 0 saturated carbocycles. The summed E-state index contributed by atoms with van der Waals surface area (Å²) in [4.78, 5) is 32.7. The van der Waals surface area contributed by atoms with E-state index in [1.165, 1.54) is 18.2 Å². The minimum absolute atomic E-state index is 0.0502. The predicted molar refractivity (Wildman–Crippen MR) is 164 cm³/mol. The molecule has 228 valence electrons. The third kappa shape index (κ3) is 6.61. The second-order valence-corrected chi connectivity index (χ2v) is 11.9. The van der Waals surface area contributed by atoms with Gasteiger partial charge in [-0.05, 0) is 38.2 Å². The number of nitrogens with one attached hydrogen (secondary N) is 1. The Bertz CT molecular complexity index is 1480. The van der Waals surface area contributed by atoms with Crippen molar-refractivity contribution in [1.29, 1.82) is 0 Å². The molecule has 2 aliphatic rings. The van der Waals surface area contributed by atoms with E-state index in [1.807, 2.05) is 6.07 Å². The number of amides is 3. The van der Waals surface area contributed by atoms with Crippen molar-refractivity contribution in [2.75, 3.05) is 57.4 Å². The number of anilines is 2. The van der Waals surface area contributed by atoms with E-state index in [4.69, 9.17) is 33.7 Å². The Balaban J connectivity index is 1.37. The van der Waals surface area contributed by atoms with Crippen LogP contribution in [0, 0.1) is 5.82 Å². The van der Waals surface area contributed by atoms with Crippen LogP contribution in [0.15, 0.2) is 48.5 Å². The summed E-state index contributed by atoms with van der Waals surface area (Å²) in [6.45, 7) is 6.25. The number of likely N-dealkylation sites (tertiary alicyclic amines) is 1. The van der Waals surface area contributed by atoms with Crippen LogP contribution in [0.2, 0.25) is 10.0 Å². The summed E-state index contributed by atoms with van der Waals surface area (Å²) in [5.41, 5.74) is 6.72. The molecule has 3 amide bonds. The highest BCUT2D eigenvalue weighted by atomic mass is 35.5. The maximum Gasteiger partial charge on any atom is 0.430 e. The van der Waals surface area contributed by atoms with Crippen LogP contribution in [-0.2, 0) is 0 Å². The number of quaternary nitrogens is 1. The Morgan fingerprint density at radius 2 is 1.74 bits per heavy atom. The van der Waals surface area contributed by atoms with E-state index in [0.29, 0.717) is 37.5 Å². The van der Waals surface area contributed by atoms with Gasteiger partial charge in [-0.1, -0.05) is 41.4 Å². The van der Waals surface area contributed by atoms with Gasteiger partial charge < -0.3 is 15.4 Å². The number of halogens is 3. The van der Waals surface area contributed by atoms with Crippen LogP contribution in [0.5, 0.6) is 5.75 Å². The highest BCUT2D eigenvalue weighted by Gasteiger charge is 2.49. The molecule has 1 atom stereocenters. The Hall–Kier alpha value is -3.35. The standard InChI is InChI=1S/C30H34Cl2FN7O3/c1-19(26-22(31)8-9-23(33)27(26)32)43-24-18-25(36-37-28(24)34)35-30(42)40(29(41)20-6-4-3-5-7-20)16-10-21(11-17-40)39-14-12-38(2)13-15-39/h3-9,18-19,21H,10-17H2,1-2H3,(H2-,34,35,36,37,42)/p+1/t19-,21?,40?/m1/s1. The van der Waals surface area contributed by atoms with Gasteiger partial charge in [0.1, 0.15) is 11.9 Å². The highest BCUT2D eigenvalue weighted by Crippen LogP contribution is 2.36. The molecule has 0 unspecified atom stereocenters. The van der Waals surface area contributed by atoms with Gasteiger partial charge in [-0.2, -0.15) is 4.48 Å². The molecular formula is C30H35Cl2FN7O3+. The third-order valence-electron chi connectivity index (χ3n) is 8.35. The van der Waals surface area contributed by atoms with Gasteiger partial charge in [0.05, 0.1) is 23.7 Å². The molecule has 2 saturated heterocycles. The monoisotopic (exact) mass is 630 g/mol. The number of nitrogen functional groups attached to an aromatic ring is 1. The molecule has 3 aromatic rings. The number of hydrogen-bond donors (Lipinski definition) is 2. The molecule has 0 bridgehead atoms. The highest BCUT2D eigenvalue weighted by molar-refractivity contribution is 6.36. The van der Waals surface area contributed by atoms with Crippen LogP contribution < -0.4 is 15.8 Å². The van der Waals surface area contributed by atoms with Gasteiger partial charge in [-0.15, -0.1) is 10.2 Å². The zero-order chi connectivity index (χ0) is 30.7. The first kappa shape index (κ1) is 31.1. The fraction of sp³-hybridized carbons (Fsp3) is 0.400. The first-order chi connectivity index (χ1) is 20.6. The number of benzene rings is 2. The van der Waals surface area contributed by atoms with E-state index < -0.39 is 22.4 Å². The van der Waals surface area contributed by atoms with Gasteiger partial charge in [0.15, 0.2) is 17.4 Å². The number of carbonyl (C=O) groups is 2. The normalized spacial score (nSPS) is 22.1. The molecule has 10 nitrogen and oxygen atoms in total. The van der Waals surface area contributed by atoms with Gasteiger partial charge in [0, 0.05) is 61.7 Å². The molecule has 5 rings (SSSR count). The molecule has 2 fully saturated rings. The van der Waals surface area contributed by atoms with Crippen LogP contribution in [0.25, 0.3) is 0 Å². The van der Waals surface area contributed by atoms with Crippen molar-refractivity contribution in [3.05, 3.63) is 75.5 Å². The van der Waals surface area contributed by atoms with Crippen LogP contribution >= 0.6 is 23.2 Å². The van der Waals surface area contributed by atoms with Crippen LogP contribution in [0.4, 0.5) is 20.8 Å². The second-order valence-electron chi connectivity index (χ2n) is 11.1. The Morgan fingerprint density at radius 3 is 2.42 bits per heavy atom. The summed E-state index contributed by atoms with van der Waals surface area (Å²) >= 11 is 12.4. The third-order valence-corrected chi connectivity index (χ3v) is 9.06. The van der Waals surface area contributed by atoms with Crippen molar-refractivity contribution in [3.63, 3.8) is 0 Å². The van der Waals surface area contributed by atoms with Gasteiger partial charge >= 0.3 is 11.9 Å². The van der Waals surface area contributed by atoms with Crippen molar-refractivity contribution in [2.45, 2.75) is 31.9 Å². The fourth-order valence-corrected chi connectivity index (χ4v) is 6.47. The minimum atomic E-state index is -0.808. The topological polar surface area (TPSA) is 114 Å². The number of piperazine rings is 1. The summed E-state index contributed by atoms with van der Waals surface area (Å²) in [5.74, 6) is -0.829. The average Bonchev–Trinajstić information content (AvgIpc) is 3.01. The number of urea groups is 1. The zero-order valence-electron chi connectivity index (χ0n) is 24.1. The summed E-state index contributed by atoms with van der Waals surface area (Å²) in [6.07, 6.45) is 0.589. The number of rotatable bonds is 6. The largest absolute Gasteiger partial charge is 0.482 e. The van der Waals surface area contributed by atoms with E-state index in [2.05, 4.69) is 32.4 Å². The first-order valence-electron chi connectivity index (χ1n) is 14.2. The van der Waals surface area contributed by atoms with Crippen LogP contribution in [-0.4, -0.2) is 88.8 Å². The average molecular weight is 632 g/mol. The number of imide groups is 1. The maximum atomic E-state index is 14.1. The van der Waals surface area contributed by atoms with Crippen LogP contribution in [0.3, 0.4) is 0 Å². The number of aromatic nitrogens is 2. The number of hydrogen-bond acceptors (Lipinski definition) is 8. The van der Waals surface area contributed by atoms with Gasteiger partial charge in [-0.25, -0.2) is 14.0 Å². The van der Waals surface area contributed by atoms with E-state index in [1.54, 1.807) is 31.2 Å². The van der Waals surface area contributed by atoms with Gasteiger partial charge in [0.2, 0.25) is 0 Å². The number of piperidine rings is 1. The number of ether oxygens (including phenoxy) is 1.